The molecule has 2 N–H and O–H groups in total. The van der Waals surface area contributed by atoms with Crippen LogP contribution < -0.4 is 10.6 Å². The summed E-state index contributed by atoms with van der Waals surface area (Å²) in [6, 6.07) is 0.778. The number of halogens is 1. The highest BCUT2D eigenvalue weighted by Crippen LogP contribution is 2.21. The van der Waals surface area contributed by atoms with Crippen LogP contribution in [0, 0.1) is 0 Å². The van der Waals surface area contributed by atoms with Crippen molar-refractivity contribution in [2.75, 3.05) is 60.2 Å². The quantitative estimate of drug-likeness (QED) is 0.204. The second kappa shape index (κ2) is 16.4. The molecule has 0 atom stereocenters. The largest absolute Gasteiger partial charge is 0.382 e. The van der Waals surface area contributed by atoms with Crippen LogP contribution in [-0.2, 0) is 9.47 Å². The number of ether oxygens (including phenoxy) is 2. The molecule has 1 saturated carbocycles. The smallest absolute Gasteiger partial charge is 0.191 e. The number of likely N-dealkylation sites (N-methyl/N-ethyl adjacent to an activating group) is 1. The van der Waals surface area contributed by atoms with E-state index in [-0.39, 0.29) is 24.0 Å². The number of nitrogens with one attached hydrogen (secondary N) is 2. The predicted molar refractivity (Wildman–Crippen MR) is 112 cm³/mol. The van der Waals surface area contributed by atoms with Crippen molar-refractivity contribution in [3.05, 3.63) is 0 Å². The average molecular weight is 456 g/mol. The molecule has 0 aromatic rings. The van der Waals surface area contributed by atoms with Gasteiger partial charge in [0.2, 0.25) is 0 Å². The summed E-state index contributed by atoms with van der Waals surface area (Å²) in [6.07, 6.45) is 6.42. The van der Waals surface area contributed by atoms with Crippen LogP contribution in [0.2, 0.25) is 0 Å². The lowest BCUT2D eigenvalue weighted by Gasteiger charge is -2.24. The Hall–Kier alpha value is -0.120. The zero-order chi connectivity index (χ0) is 16.8. The Morgan fingerprint density at radius 1 is 1.17 bits per heavy atom. The van der Waals surface area contributed by atoms with Gasteiger partial charge in [-0.25, -0.2) is 0 Å². The summed E-state index contributed by atoms with van der Waals surface area (Å²) in [7, 11) is 3.92. The molecular formula is C17H37IN4O2. The van der Waals surface area contributed by atoms with E-state index < -0.39 is 0 Å². The van der Waals surface area contributed by atoms with Gasteiger partial charge in [-0.2, -0.15) is 0 Å². The van der Waals surface area contributed by atoms with E-state index in [1.807, 2.05) is 0 Å². The van der Waals surface area contributed by atoms with Gasteiger partial charge in [0.05, 0.1) is 13.2 Å². The van der Waals surface area contributed by atoms with E-state index in [0.29, 0.717) is 13.2 Å². The molecule has 1 rings (SSSR count). The maximum absolute atomic E-state index is 5.44. The van der Waals surface area contributed by atoms with Crippen molar-refractivity contribution < 1.29 is 9.47 Å². The zero-order valence-electron chi connectivity index (χ0n) is 15.7. The van der Waals surface area contributed by atoms with E-state index in [4.69, 9.17) is 9.47 Å². The number of nitrogens with zero attached hydrogens (tertiary/aromatic N) is 2. The van der Waals surface area contributed by atoms with Gasteiger partial charge in [-0.1, -0.05) is 12.8 Å². The topological polar surface area (TPSA) is 58.1 Å². The van der Waals surface area contributed by atoms with Crippen molar-refractivity contribution in [3.8, 4) is 0 Å². The summed E-state index contributed by atoms with van der Waals surface area (Å²) in [5.74, 6) is 0.907. The summed E-state index contributed by atoms with van der Waals surface area (Å²) in [5.41, 5.74) is 0. The minimum absolute atomic E-state index is 0. The molecule has 1 fully saturated rings. The van der Waals surface area contributed by atoms with Gasteiger partial charge in [0.25, 0.3) is 0 Å². The van der Waals surface area contributed by atoms with Crippen molar-refractivity contribution in [1.82, 2.24) is 15.5 Å². The third kappa shape index (κ3) is 11.4. The molecule has 1 aliphatic carbocycles. The Labute approximate surface area is 165 Å². The number of rotatable bonds is 12. The predicted octanol–water partition coefficient (Wildman–Crippen LogP) is 2.09. The molecule has 0 unspecified atom stereocenters. The molecule has 0 amide bonds. The average Bonchev–Trinajstić information content (AvgIpc) is 3.08. The van der Waals surface area contributed by atoms with Gasteiger partial charge >= 0.3 is 0 Å². The summed E-state index contributed by atoms with van der Waals surface area (Å²) in [4.78, 5) is 7.07. The first-order valence-electron chi connectivity index (χ1n) is 9.07. The third-order valence-corrected chi connectivity index (χ3v) is 4.20. The Kier molecular flexibility index (Phi) is 16.3. The van der Waals surface area contributed by atoms with Gasteiger partial charge in [-0.15, -0.1) is 24.0 Å². The van der Waals surface area contributed by atoms with Gasteiger partial charge < -0.3 is 25.0 Å². The molecule has 6 nitrogen and oxygen atoms in total. The Bertz CT molecular complexity index is 313. The molecule has 0 heterocycles. The normalized spacial score (nSPS) is 15.6. The van der Waals surface area contributed by atoms with Crippen LogP contribution >= 0.6 is 24.0 Å². The third-order valence-electron chi connectivity index (χ3n) is 4.20. The van der Waals surface area contributed by atoms with Crippen LogP contribution in [0.3, 0.4) is 0 Å². The van der Waals surface area contributed by atoms with Crippen molar-refractivity contribution in [1.29, 1.82) is 0 Å². The first-order valence-corrected chi connectivity index (χ1v) is 9.07. The SMILES string of the molecule is CCNC(=NCCCOCCOC)NCCN(C)C1CCCC1.I. The van der Waals surface area contributed by atoms with Crippen LogP contribution in [0.4, 0.5) is 0 Å². The fourth-order valence-electron chi connectivity index (χ4n) is 2.82. The van der Waals surface area contributed by atoms with Crippen LogP contribution in [0.15, 0.2) is 4.99 Å². The minimum Gasteiger partial charge on any atom is -0.382 e. The molecule has 144 valence electrons. The van der Waals surface area contributed by atoms with Crippen LogP contribution in [0.5, 0.6) is 0 Å². The molecule has 24 heavy (non-hydrogen) atoms. The van der Waals surface area contributed by atoms with E-state index >= 15 is 0 Å². The number of guanidine groups is 1. The van der Waals surface area contributed by atoms with Crippen molar-refractivity contribution in [2.24, 2.45) is 4.99 Å². The van der Waals surface area contributed by atoms with Crippen molar-refractivity contribution >= 4 is 29.9 Å². The molecule has 0 aromatic carbocycles. The number of hydrogen-bond donors (Lipinski definition) is 2. The van der Waals surface area contributed by atoms with Crippen LogP contribution in [-0.4, -0.2) is 77.1 Å². The van der Waals surface area contributed by atoms with Gasteiger partial charge in [-0.05, 0) is 33.2 Å². The molecule has 0 saturated heterocycles. The van der Waals surface area contributed by atoms with Gasteiger partial charge in [0.1, 0.15) is 0 Å². The fraction of sp³-hybridized carbons (Fsp3) is 0.941. The number of aliphatic imine (C=N–C) groups is 1. The summed E-state index contributed by atoms with van der Waals surface area (Å²) >= 11 is 0. The second-order valence-corrected chi connectivity index (χ2v) is 6.07. The summed E-state index contributed by atoms with van der Waals surface area (Å²) in [6.45, 7) is 7.80. The van der Waals surface area contributed by atoms with Crippen LogP contribution in [0.25, 0.3) is 0 Å². The standard InChI is InChI=1S/C17H36N4O2.HI/c1-4-18-17(19-10-7-13-23-15-14-22-3)20-11-12-21(2)16-8-5-6-9-16;/h16H,4-15H2,1-3H3,(H2,18,19,20);1H. The zero-order valence-corrected chi connectivity index (χ0v) is 18.0. The Morgan fingerprint density at radius 3 is 2.58 bits per heavy atom. The molecule has 7 heteroatoms. The molecule has 0 aliphatic heterocycles. The van der Waals surface area contributed by atoms with E-state index in [2.05, 4.69) is 34.5 Å². The lowest BCUT2D eigenvalue weighted by molar-refractivity contribution is 0.0702. The highest BCUT2D eigenvalue weighted by molar-refractivity contribution is 14.0. The Balaban J connectivity index is 0.00000529. The van der Waals surface area contributed by atoms with E-state index in [0.717, 1.165) is 51.2 Å². The minimum atomic E-state index is 0. The fourth-order valence-corrected chi connectivity index (χ4v) is 2.82. The molecular weight excluding hydrogens is 419 g/mol. The molecule has 0 spiro atoms. The molecule has 1 aliphatic rings. The van der Waals surface area contributed by atoms with Crippen LogP contribution in [0.1, 0.15) is 39.0 Å². The Morgan fingerprint density at radius 2 is 1.92 bits per heavy atom. The summed E-state index contributed by atoms with van der Waals surface area (Å²) in [5, 5.41) is 6.72. The number of hydrogen-bond acceptors (Lipinski definition) is 4. The van der Waals surface area contributed by atoms with Gasteiger partial charge in [-0.3, -0.25) is 4.99 Å². The number of methoxy groups -OCH3 is 1. The van der Waals surface area contributed by atoms with E-state index in [1.54, 1.807) is 7.11 Å². The van der Waals surface area contributed by atoms with Crippen molar-refractivity contribution in [3.63, 3.8) is 0 Å². The summed E-state index contributed by atoms with van der Waals surface area (Å²) < 4.78 is 10.4. The van der Waals surface area contributed by atoms with Crippen molar-refractivity contribution in [2.45, 2.75) is 45.1 Å². The monoisotopic (exact) mass is 456 g/mol. The van der Waals surface area contributed by atoms with E-state index in [1.165, 1.54) is 25.7 Å². The highest BCUT2D eigenvalue weighted by Gasteiger charge is 2.18. The van der Waals surface area contributed by atoms with Gasteiger partial charge in [0.15, 0.2) is 5.96 Å². The van der Waals surface area contributed by atoms with E-state index in [9.17, 15) is 0 Å². The first kappa shape index (κ1) is 23.9. The molecule has 0 aromatic heterocycles. The molecule has 0 radical (unpaired) electrons. The lowest BCUT2D eigenvalue weighted by atomic mass is 10.2. The second-order valence-electron chi connectivity index (χ2n) is 6.07. The molecule has 0 bridgehead atoms. The highest BCUT2D eigenvalue weighted by atomic mass is 127. The maximum atomic E-state index is 5.44. The maximum Gasteiger partial charge on any atom is 0.191 e. The van der Waals surface area contributed by atoms with Gasteiger partial charge in [0, 0.05) is 45.9 Å². The first-order chi connectivity index (χ1) is 11.3. The lowest BCUT2D eigenvalue weighted by Crippen LogP contribution is -2.42.